The average Bonchev–Trinajstić information content (AvgIpc) is 3.64. The summed E-state index contributed by atoms with van der Waals surface area (Å²) >= 11 is 0. The molecule has 2 saturated carbocycles. The summed E-state index contributed by atoms with van der Waals surface area (Å²) in [6.07, 6.45) is 4.09. The predicted molar refractivity (Wildman–Crippen MR) is 119 cm³/mol. The third-order valence-electron chi connectivity index (χ3n) is 5.67. The second kappa shape index (κ2) is 8.92. The Labute approximate surface area is 183 Å². The van der Waals surface area contributed by atoms with Gasteiger partial charge >= 0.3 is 0 Å². The van der Waals surface area contributed by atoms with Crippen LogP contribution in [0.15, 0.2) is 42.5 Å². The molecule has 0 saturated heterocycles. The summed E-state index contributed by atoms with van der Waals surface area (Å²) in [5.41, 5.74) is 4.23. The molecule has 0 spiro atoms. The monoisotopic (exact) mass is 419 g/mol. The zero-order valence-electron chi connectivity index (χ0n) is 18.1. The molecule has 2 aliphatic carbocycles. The number of carbonyl (C=O) groups is 3. The van der Waals surface area contributed by atoms with Crippen molar-refractivity contribution in [1.29, 1.82) is 0 Å². The number of rotatable bonds is 8. The van der Waals surface area contributed by atoms with Crippen LogP contribution in [0.1, 0.15) is 63.1 Å². The van der Waals surface area contributed by atoms with E-state index in [1.54, 1.807) is 0 Å². The Hall–Kier alpha value is -3.15. The largest absolute Gasteiger partial charge is 0.349 e. The molecule has 31 heavy (non-hydrogen) atoms. The molecule has 2 fully saturated rings. The van der Waals surface area contributed by atoms with Crippen molar-refractivity contribution in [3.8, 4) is 0 Å². The molecule has 0 bridgehead atoms. The second-order valence-corrected chi connectivity index (χ2v) is 8.76. The van der Waals surface area contributed by atoms with Crippen molar-refractivity contribution in [1.82, 2.24) is 15.5 Å². The molecular formula is C25H29N3O3. The quantitative estimate of drug-likeness (QED) is 0.690. The van der Waals surface area contributed by atoms with Gasteiger partial charge in [0.1, 0.15) is 0 Å². The highest BCUT2D eigenvalue weighted by Gasteiger charge is 2.32. The fraction of sp³-hybridized carbons (Fsp3) is 0.400. The first-order valence-corrected chi connectivity index (χ1v) is 10.9. The summed E-state index contributed by atoms with van der Waals surface area (Å²) in [6.45, 7) is 4.35. The van der Waals surface area contributed by atoms with Gasteiger partial charge in [-0.15, -0.1) is 0 Å². The van der Waals surface area contributed by atoms with Crippen LogP contribution < -0.4 is 10.6 Å². The van der Waals surface area contributed by atoms with Gasteiger partial charge in [0.2, 0.25) is 5.91 Å². The summed E-state index contributed by atoms with van der Waals surface area (Å²) in [5, 5.41) is 5.75. The molecule has 3 amide bonds. The Morgan fingerprint density at radius 1 is 0.871 bits per heavy atom. The molecule has 2 aliphatic rings. The molecule has 0 aliphatic heterocycles. The van der Waals surface area contributed by atoms with Gasteiger partial charge in [0, 0.05) is 29.8 Å². The van der Waals surface area contributed by atoms with E-state index in [0.29, 0.717) is 23.7 Å². The normalized spacial score (nSPS) is 15.3. The lowest BCUT2D eigenvalue weighted by Gasteiger charge is -2.23. The molecule has 0 unspecified atom stereocenters. The highest BCUT2D eigenvalue weighted by Crippen LogP contribution is 2.28. The topological polar surface area (TPSA) is 78.5 Å². The molecular weight excluding hydrogens is 390 g/mol. The number of amides is 3. The van der Waals surface area contributed by atoms with Crippen LogP contribution in [0.5, 0.6) is 0 Å². The zero-order chi connectivity index (χ0) is 22.0. The lowest BCUT2D eigenvalue weighted by Crippen LogP contribution is -2.41. The minimum atomic E-state index is -0.234. The Morgan fingerprint density at radius 3 is 2.10 bits per heavy atom. The number of carbonyl (C=O) groups excluding carboxylic acids is 3. The van der Waals surface area contributed by atoms with Crippen molar-refractivity contribution in [2.75, 3.05) is 6.54 Å². The van der Waals surface area contributed by atoms with Gasteiger partial charge in [-0.25, -0.2) is 0 Å². The van der Waals surface area contributed by atoms with Crippen LogP contribution in [0.25, 0.3) is 0 Å². The van der Waals surface area contributed by atoms with Crippen molar-refractivity contribution < 1.29 is 14.4 Å². The van der Waals surface area contributed by atoms with Crippen LogP contribution in [-0.4, -0.2) is 41.2 Å². The lowest BCUT2D eigenvalue weighted by atomic mass is 10.1. The van der Waals surface area contributed by atoms with Gasteiger partial charge < -0.3 is 15.5 Å². The molecule has 162 valence electrons. The fourth-order valence-electron chi connectivity index (χ4n) is 3.73. The van der Waals surface area contributed by atoms with Crippen LogP contribution in [0.4, 0.5) is 0 Å². The first-order valence-electron chi connectivity index (χ1n) is 10.9. The number of hydrogen-bond donors (Lipinski definition) is 2. The third kappa shape index (κ3) is 5.72. The van der Waals surface area contributed by atoms with Crippen LogP contribution in [-0.2, 0) is 11.3 Å². The van der Waals surface area contributed by atoms with E-state index in [1.807, 2.05) is 61.2 Å². The van der Waals surface area contributed by atoms with Gasteiger partial charge in [0.25, 0.3) is 11.8 Å². The second-order valence-electron chi connectivity index (χ2n) is 8.76. The summed E-state index contributed by atoms with van der Waals surface area (Å²) in [4.78, 5) is 39.3. The van der Waals surface area contributed by atoms with E-state index >= 15 is 0 Å². The van der Waals surface area contributed by atoms with Crippen LogP contribution in [0.2, 0.25) is 0 Å². The molecule has 4 rings (SSSR count). The highest BCUT2D eigenvalue weighted by atomic mass is 16.2. The Bertz CT molecular complexity index is 971. The van der Waals surface area contributed by atoms with Gasteiger partial charge in [0.15, 0.2) is 0 Å². The van der Waals surface area contributed by atoms with Crippen LogP contribution in [0.3, 0.4) is 0 Å². The highest BCUT2D eigenvalue weighted by molar-refractivity contribution is 5.97. The van der Waals surface area contributed by atoms with E-state index in [2.05, 4.69) is 10.6 Å². The van der Waals surface area contributed by atoms with Gasteiger partial charge in [-0.05, 0) is 69.4 Å². The van der Waals surface area contributed by atoms with Crippen molar-refractivity contribution >= 4 is 17.7 Å². The SMILES string of the molecule is Cc1cc(C)cc(C(=O)NCC(=O)N(Cc2ccc(C(=O)NC3CC3)cc2)C2CC2)c1. The van der Waals surface area contributed by atoms with Crippen LogP contribution in [0, 0.1) is 13.8 Å². The minimum absolute atomic E-state index is 0.0236. The molecule has 0 aromatic heterocycles. The molecule has 0 atom stereocenters. The van der Waals surface area contributed by atoms with Crippen molar-refractivity contribution in [3.05, 3.63) is 70.3 Å². The maximum atomic E-state index is 12.8. The maximum Gasteiger partial charge on any atom is 0.251 e. The van der Waals surface area contributed by atoms with Gasteiger partial charge in [-0.3, -0.25) is 14.4 Å². The fourth-order valence-corrected chi connectivity index (χ4v) is 3.73. The van der Waals surface area contributed by atoms with E-state index in [-0.39, 0.29) is 30.3 Å². The summed E-state index contributed by atoms with van der Waals surface area (Å²) in [7, 11) is 0. The molecule has 0 radical (unpaired) electrons. The molecule has 6 heteroatoms. The maximum absolute atomic E-state index is 12.8. The number of hydrogen-bond acceptors (Lipinski definition) is 3. The number of nitrogens with zero attached hydrogens (tertiary/aromatic N) is 1. The van der Waals surface area contributed by atoms with E-state index < -0.39 is 0 Å². The van der Waals surface area contributed by atoms with Crippen molar-refractivity contribution in [2.24, 2.45) is 0 Å². The first-order chi connectivity index (χ1) is 14.9. The molecule has 6 nitrogen and oxygen atoms in total. The smallest absolute Gasteiger partial charge is 0.251 e. The first kappa shape index (κ1) is 21.1. The van der Waals surface area contributed by atoms with E-state index in [0.717, 1.165) is 42.4 Å². The summed E-state index contributed by atoms with van der Waals surface area (Å²) in [5.74, 6) is -0.365. The Balaban J connectivity index is 1.34. The Morgan fingerprint density at radius 2 is 1.52 bits per heavy atom. The van der Waals surface area contributed by atoms with E-state index in [4.69, 9.17) is 0 Å². The van der Waals surface area contributed by atoms with E-state index in [1.165, 1.54) is 0 Å². The number of benzene rings is 2. The summed E-state index contributed by atoms with van der Waals surface area (Å²) < 4.78 is 0. The molecule has 2 N–H and O–H groups in total. The number of aryl methyl sites for hydroxylation is 2. The number of nitrogens with one attached hydrogen (secondary N) is 2. The molecule has 2 aromatic carbocycles. The molecule has 0 heterocycles. The summed E-state index contributed by atoms with van der Waals surface area (Å²) in [6, 6.07) is 13.6. The average molecular weight is 420 g/mol. The zero-order valence-corrected chi connectivity index (χ0v) is 18.1. The van der Waals surface area contributed by atoms with Crippen molar-refractivity contribution in [2.45, 2.75) is 58.2 Å². The third-order valence-corrected chi connectivity index (χ3v) is 5.67. The molecule has 2 aromatic rings. The minimum Gasteiger partial charge on any atom is -0.349 e. The predicted octanol–water partition coefficient (Wildman–Crippen LogP) is 3.12. The van der Waals surface area contributed by atoms with Gasteiger partial charge in [-0.2, -0.15) is 0 Å². The standard InChI is InChI=1S/C25H29N3O3/c1-16-11-17(2)13-20(12-16)24(30)26-14-23(29)28(22-9-10-22)15-18-3-5-19(6-4-18)25(31)27-21-7-8-21/h3-6,11-13,21-22H,7-10,14-15H2,1-2H3,(H,26,30)(H,27,31). The van der Waals surface area contributed by atoms with Crippen molar-refractivity contribution in [3.63, 3.8) is 0 Å². The van der Waals surface area contributed by atoms with E-state index in [9.17, 15) is 14.4 Å². The Kier molecular flexibility index (Phi) is 6.07. The van der Waals surface area contributed by atoms with Crippen LogP contribution >= 0.6 is 0 Å². The van der Waals surface area contributed by atoms with Gasteiger partial charge in [-0.1, -0.05) is 29.3 Å². The lowest BCUT2D eigenvalue weighted by molar-refractivity contribution is -0.131. The van der Waals surface area contributed by atoms with Gasteiger partial charge in [0.05, 0.1) is 6.54 Å².